The number of likely N-dealkylation sites (tertiary alicyclic amines) is 2. The van der Waals surface area contributed by atoms with Crippen molar-refractivity contribution in [2.75, 3.05) is 60.6 Å². The van der Waals surface area contributed by atoms with Crippen LogP contribution in [-0.2, 0) is 28.6 Å². The number of rotatable bonds is 8. The third-order valence-electron chi connectivity index (χ3n) is 8.08. The SMILES string of the molecule is COC(=O)NCCO[C@@H](c1cccc(Cl)c1)[C@@H]1CCCCN(C(=O)OC(C)(C)C)C1.CON(C)C(=O)C1CCCCN(C(=O)OC(C)(C)C)C1. The number of alkyl carbamates (subject to hydrolysis) is 1. The van der Waals surface area contributed by atoms with E-state index in [4.69, 9.17) is 30.6 Å². The Bertz CT molecular complexity index is 1240. The number of hydrogen-bond acceptors (Lipinski definition) is 9. The summed E-state index contributed by atoms with van der Waals surface area (Å²) in [5, 5.41) is 4.48. The summed E-state index contributed by atoms with van der Waals surface area (Å²) in [5.41, 5.74) is -0.107. The molecular formula is C36H59ClN4O9. The van der Waals surface area contributed by atoms with Crippen molar-refractivity contribution in [2.24, 2.45) is 11.8 Å². The molecule has 2 saturated heterocycles. The minimum absolute atomic E-state index is 0.0802. The van der Waals surface area contributed by atoms with Crippen LogP contribution in [0.25, 0.3) is 0 Å². The molecule has 0 aliphatic carbocycles. The van der Waals surface area contributed by atoms with Gasteiger partial charge in [-0.05, 0) is 84.9 Å². The number of carbonyl (C=O) groups excluding carboxylic acids is 4. The summed E-state index contributed by atoms with van der Waals surface area (Å²) in [6, 6.07) is 7.58. The van der Waals surface area contributed by atoms with Crippen molar-refractivity contribution in [3.8, 4) is 0 Å². The minimum Gasteiger partial charge on any atom is -0.453 e. The third kappa shape index (κ3) is 15.7. The van der Waals surface area contributed by atoms with Crippen LogP contribution in [0.15, 0.2) is 24.3 Å². The molecule has 2 aliphatic rings. The standard InChI is InChI=1S/C22H33ClN2O5.C14H26N2O4/c1-22(2,3)30-21(27)25-12-6-5-8-17(15-25)19(16-9-7-10-18(23)14-16)29-13-11-24-20(26)28-4;1-14(2,3)20-13(18)16-9-7-6-8-11(10-16)12(17)15(4)19-5/h7,9-10,14,17,19H,5-6,8,11-13,15H2,1-4H3,(H,24,26);11H,6-10H2,1-5H3/t17-,19+;/m1./s1. The molecule has 14 heteroatoms. The molecule has 4 amide bonds. The molecule has 13 nitrogen and oxygen atoms in total. The van der Waals surface area contributed by atoms with Crippen LogP contribution in [0.5, 0.6) is 0 Å². The number of methoxy groups -OCH3 is 1. The van der Waals surface area contributed by atoms with Crippen LogP contribution in [0.3, 0.4) is 0 Å². The zero-order valence-corrected chi connectivity index (χ0v) is 32.2. The number of nitrogens with zero attached hydrogens (tertiary/aromatic N) is 3. The molecule has 3 rings (SSSR count). The predicted molar refractivity (Wildman–Crippen MR) is 191 cm³/mol. The van der Waals surface area contributed by atoms with Gasteiger partial charge in [-0.2, -0.15) is 0 Å². The molecule has 1 aromatic rings. The van der Waals surface area contributed by atoms with E-state index in [0.29, 0.717) is 44.4 Å². The van der Waals surface area contributed by atoms with E-state index in [-0.39, 0.29) is 36.0 Å². The van der Waals surface area contributed by atoms with Gasteiger partial charge in [0.25, 0.3) is 5.91 Å². The Balaban J connectivity index is 0.000000377. The van der Waals surface area contributed by atoms with Crippen LogP contribution in [-0.4, -0.2) is 111 Å². The first-order valence-electron chi connectivity index (χ1n) is 17.4. The molecule has 2 fully saturated rings. The molecule has 0 spiro atoms. The maximum Gasteiger partial charge on any atom is 0.410 e. The fraction of sp³-hybridized carbons (Fsp3) is 0.722. The number of halogens is 1. The molecule has 3 atom stereocenters. The molecule has 0 bridgehead atoms. The van der Waals surface area contributed by atoms with Gasteiger partial charge in [0.05, 0.1) is 32.8 Å². The molecule has 284 valence electrons. The first-order valence-corrected chi connectivity index (χ1v) is 17.8. The van der Waals surface area contributed by atoms with Crippen molar-refractivity contribution in [3.63, 3.8) is 0 Å². The van der Waals surface area contributed by atoms with Crippen molar-refractivity contribution in [3.05, 3.63) is 34.9 Å². The van der Waals surface area contributed by atoms with Crippen molar-refractivity contribution < 1.29 is 43.0 Å². The van der Waals surface area contributed by atoms with Crippen molar-refractivity contribution in [2.45, 2.75) is 97.4 Å². The maximum atomic E-state index is 12.7. The molecule has 2 heterocycles. The summed E-state index contributed by atoms with van der Waals surface area (Å²) in [7, 11) is 4.37. The van der Waals surface area contributed by atoms with Crippen LogP contribution >= 0.6 is 11.6 Å². The first-order chi connectivity index (χ1) is 23.4. The fourth-order valence-corrected chi connectivity index (χ4v) is 5.90. The monoisotopic (exact) mass is 726 g/mol. The average molecular weight is 727 g/mol. The lowest BCUT2D eigenvalue weighted by molar-refractivity contribution is -0.173. The Hall–Kier alpha value is -3.29. The number of benzene rings is 1. The lowest BCUT2D eigenvalue weighted by Gasteiger charge is -2.32. The van der Waals surface area contributed by atoms with Crippen molar-refractivity contribution in [1.82, 2.24) is 20.2 Å². The zero-order chi connectivity index (χ0) is 37.5. The lowest BCUT2D eigenvalue weighted by atomic mass is 9.91. The second kappa shape index (κ2) is 20.5. The van der Waals surface area contributed by atoms with Gasteiger partial charge in [-0.25, -0.2) is 19.4 Å². The van der Waals surface area contributed by atoms with E-state index in [1.165, 1.54) is 19.3 Å². The number of amides is 4. The van der Waals surface area contributed by atoms with E-state index in [1.807, 2.05) is 65.8 Å². The number of carbonyl (C=O) groups is 4. The summed E-state index contributed by atoms with van der Waals surface area (Å²) >= 11 is 6.22. The summed E-state index contributed by atoms with van der Waals surface area (Å²) in [6.07, 6.45) is 4.01. The smallest absolute Gasteiger partial charge is 0.410 e. The highest BCUT2D eigenvalue weighted by Crippen LogP contribution is 2.34. The van der Waals surface area contributed by atoms with Crippen LogP contribution in [0, 0.1) is 11.8 Å². The summed E-state index contributed by atoms with van der Waals surface area (Å²) < 4.78 is 21.7. The summed E-state index contributed by atoms with van der Waals surface area (Å²) in [5.74, 6) is -0.241. The van der Waals surface area contributed by atoms with Gasteiger partial charge in [0.1, 0.15) is 11.2 Å². The van der Waals surface area contributed by atoms with Crippen molar-refractivity contribution >= 4 is 35.8 Å². The first kappa shape index (κ1) is 42.9. The molecule has 1 unspecified atom stereocenters. The summed E-state index contributed by atoms with van der Waals surface area (Å²) in [6.45, 7) is 14.0. The Kier molecular flexibility index (Phi) is 17.6. The van der Waals surface area contributed by atoms with Crippen LogP contribution in [0.2, 0.25) is 5.02 Å². The van der Waals surface area contributed by atoms with Gasteiger partial charge in [-0.15, -0.1) is 0 Å². The van der Waals surface area contributed by atoms with Gasteiger partial charge < -0.3 is 34.1 Å². The van der Waals surface area contributed by atoms with Crippen LogP contribution in [0.4, 0.5) is 14.4 Å². The van der Waals surface area contributed by atoms with E-state index in [2.05, 4.69) is 10.1 Å². The Labute approximate surface area is 303 Å². The van der Waals surface area contributed by atoms with Gasteiger partial charge in [-0.1, -0.05) is 36.6 Å². The average Bonchev–Trinajstić information content (AvgIpc) is 3.44. The van der Waals surface area contributed by atoms with Gasteiger partial charge in [-0.3, -0.25) is 9.63 Å². The highest BCUT2D eigenvalue weighted by atomic mass is 35.5. The molecule has 0 radical (unpaired) electrons. The molecule has 1 aromatic carbocycles. The fourth-order valence-electron chi connectivity index (χ4n) is 5.70. The largest absolute Gasteiger partial charge is 0.453 e. The minimum atomic E-state index is -0.540. The van der Waals surface area contributed by atoms with Crippen LogP contribution in [0.1, 0.15) is 91.7 Å². The highest BCUT2D eigenvalue weighted by Gasteiger charge is 2.33. The third-order valence-corrected chi connectivity index (χ3v) is 8.31. The predicted octanol–water partition coefficient (Wildman–Crippen LogP) is 6.83. The maximum absolute atomic E-state index is 12.7. The van der Waals surface area contributed by atoms with E-state index in [9.17, 15) is 19.2 Å². The molecule has 2 aliphatic heterocycles. The second-order valence-corrected chi connectivity index (χ2v) is 15.0. The number of hydrogen-bond donors (Lipinski definition) is 1. The molecule has 0 saturated carbocycles. The van der Waals surface area contributed by atoms with Gasteiger partial charge in [0.2, 0.25) is 0 Å². The second-order valence-electron chi connectivity index (χ2n) is 14.6. The number of hydroxylamine groups is 2. The quantitative estimate of drug-likeness (QED) is 0.174. The molecular weight excluding hydrogens is 668 g/mol. The van der Waals surface area contributed by atoms with Gasteiger partial charge in [0.15, 0.2) is 0 Å². The normalized spacial score (nSPS) is 19.1. The summed E-state index contributed by atoms with van der Waals surface area (Å²) in [4.78, 5) is 56.6. The van der Waals surface area contributed by atoms with E-state index >= 15 is 0 Å². The van der Waals surface area contributed by atoms with Crippen molar-refractivity contribution in [1.29, 1.82) is 0 Å². The zero-order valence-electron chi connectivity index (χ0n) is 31.4. The molecule has 1 N–H and O–H groups in total. The van der Waals surface area contributed by atoms with E-state index in [1.54, 1.807) is 16.8 Å². The van der Waals surface area contributed by atoms with Gasteiger partial charge >= 0.3 is 18.3 Å². The van der Waals surface area contributed by atoms with E-state index in [0.717, 1.165) is 44.1 Å². The highest BCUT2D eigenvalue weighted by molar-refractivity contribution is 6.30. The Morgan fingerprint density at radius 3 is 2.02 bits per heavy atom. The lowest BCUT2D eigenvalue weighted by Crippen LogP contribution is -2.43. The Morgan fingerprint density at radius 2 is 1.48 bits per heavy atom. The number of nitrogens with one attached hydrogen (secondary N) is 1. The molecule has 0 aromatic heterocycles. The number of ether oxygens (including phenoxy) is 4. The van der Waals surface area contributed by atoms with Crippen LogP contribution < -0.4 is 5.32 Å². The molecule has 50 heavy (non-hydrogen) atoms. The Morgan fingerprint density at radius 1 is 0.900 bits per heavy atom. The van der Waals surface area contributed by atoms with Gasteiger partial charge in [0, 0.05) is 50.7 Å². The van der Waals surface area contributed by atoms with E-state index < -0.39 is 17.3 Å². The topological polar surface area (TPSA) is 136 Å².